The SMILES string of the molecule is COC1CCCCC1n1cc(C=O)nn1. The summed E-state index contributed by atoms with van der Waals surface area (Å²) in [7, 11) is 1.72. The molecule has 0 N–H and O–H groups in total. The molecule has 1 heterocycles. The molecular formula is C10H15N3O2. The van der Waals surface area contributed by atoms with Gasteiger partial charge in [0.1, 0.15) is 5.69 Å². The molecule has 1 aliphatic rings. The van der Waals surface area contributed by atoms with Gasteiger partial charge in [-0.15, -0.1) is 5.10 Å². The Balaban J connectivity index is 2.16. The number of rotatable bonds is 3. The first-order valence-electron chi connectivity index (χ1n) is 5.25. The lowest BCUT2D eigenvalue weighted by Gasteiger charge is -2.29. The molecule has 0 amide bonds. The number of methoxy groups -OCH3 is 1. The molecule has 2 unspecified atom stereocenters. The fraction of sp³-hybridized carbons (Fsp3) is 0.700. The largest absolute Gasteiger partial charge is 0.379 e. The molecular weight excluding hydrogens is 194 g/mol. The molecule has 1 aliphatic carbocycles. The molecule has 2 atom stereocenters. The van der Waals surface area contributed by atoms with Crippen LogP contribution in [0.4, 0.5) is 0 Å². The number of aromatic nitrogens is 3. The van der Waals surface area contributed by atoms with E-state index < -0.39 is 0 Å². The Bertz CT molecular complexity index is 337. The summed E-state index contributed by atoms with van der Waals surface area (Å²) in [4.78, 5) is 10.5. The summed E-state index contributed by atoms with van der Waals surface area (Å²) in [6.45, 7) is 0. The molecule has 2 rings (SSSR count). The molecule has 0 bridgehead atoms. The van der Waals surface area contributed by atoms with Gasteiger partial charge in [0.25, 0.3) is 0 Å². The number of carbonyl (C=O) groups is 1. The maximum atomic E-state index is 10.5. The molecule has 1 fully saturated rings. The Labute approximate surface area is 88.4 Å². The molecule has 0 aliphatic heterocycles. The lowest BCUT2D eigenvalue weighted by Crippen LogP contribution is -2.29. The highest BCUT2D eigenvalue weighted by molar-refractivity contribution is 5.70. The van der Waals surface area contributed by atoms with E-state index in [1.165, 1.54) is 12.8 Å². The fourth-order valence-electron chi connectivity index (χ4n) is 2.16. The summed E-state index contributed by atoms with van der Waals surface area (Å²) in [5, 5.41) is 7.73. The van der Waals surface area contributed by atoms with Crippen molar-refractivity contribution in [2.45, 2.75) is 37.8 Å². The highest BCUT2D eigenvalue weighted by atomic mass is 16.5. The van der Waals surface area contributed by atoms with Crippen LogP contribution in [0.1, 0.15) is 42.2 Å². The maximum absolute atomic E-state index is 10.5. The van der Waals surface area contributed by atoms with Crippen LogP contribution in [0.2, 0.25) is 0 Å². The molecule has 1 saturated carbocycles. The third-order valence-corrected chi connectivity index (χ3v) is 2.96. The molecule has 0 saturated heterocycles. The van der Waals surface area contributed by atoms with E-state index in [9.17, 15) is 4.79 Å². The molecule has 0 spiro atoms. The number of hydrogen-bond donors (Lipinski definition) is 0. The molecule has 1 aromatic rings. The second-order valence-corrected chi connectivity index (χ2v) is 3.87. The molecule has 5 nitrogen and oxygen atoms in total. The highest BCUT2D eigenvalue weighted by Crippen LogP contribution is 2.29. The second kappa shape index (κ2) is 4.53. The number of aldehydes is 1. The minimum Gasteiger partial charge on any atom is -0.379 e. The predicted octanol–water partition coefficient (Wildman–Crippen LogP) is 1.22. The summed E-state index contributed by atoms with van der Waals surface area (Å²) < 4.78 is 7.19. The van der Waals surface area contributed by atoms with E-state index in [-0.39, 0.29) is 12.1 Å². The summed E-state index contributed by atoms with van der Waals surface area (Å²) in [5.41, 5.74) is 0.385. The van der Waals surface area contributed by atoms with E-state index in [2.05, 4.69) is 10.3 Å². The Hall–Kier alpha value is -1.23. The quantitative estimate of drug-likeness (QED) is 0.702. The number of carbonyl (C=O) groups excluding carboxylic acids is 1. The van der Waals surface area contributed by atoms with Gasteiger partial charge in [-0.3, -0.25) is 4.79 Å². The van der Waals surface area contributed by atoms with Crippen molar-refractivity contribution in [2.75, 3.05) is 7.11 Å². The average Bonchev–Trinajstić information content (AvgIpc) is 2.77. The molecule has 1 aromatic heterocycles. The average molecular weight is 209 g/mol. The minimum absolute atomic E-state index is 0.194. The van der Waals surface area contributed by atoms with Gasteiger partial charge in [0.2, 0.25) is 0 Å². The van der Waals surface area contributed by atoms with Crippen LogP contribution in [0.25, 0.3) is 0 Å². The van der Waals surface area contributed by atoms with Gasteiger partial charge in [-0.2, -0.15) is 0 Å². The van der Waals surface area contributed by atoms with Crippen molar-refractivity contribution in [1.29, 1.82) is 0 Å². The third-order valence-electron chi connectivity index (χ3n) is 2.96. The normalized spacial score (nSPS) is 26.5. The maximum Gasteiger partial charge on any atom is 0.171 e. The van der Waals surface area contributed by atoms with Gasteiger partial charge in [-0.05, 0) is 12.8 Å². The van der Waals surface area contributed by atoms with Crippen molar-refractivity contribution in [3.63, 3.8) is 0 Å². The van der Waals surface area contributed by atoms with Gasteiger partial charge < -0.3 is 4.74 Å². The van der Waals surface area contributed by atoms with Crippen LogP contribution in [-0.4, -0.2) is 34.5 Å². The Morgan fingerprint density at radius 2 is 2.33 bits per heavy atom. The smallest absolute Gasteiger partial charge is 0.171 e. The van der Waals surface area contributed by atoms with Gasteiger partial charge >= 0.3 is 0 Å². The van der Waals surface area contributed by atoms with Gasteiger partial charge in [-0.25, -0.2) is 4.68 Å². The van der Waals surface area contributed by atoms with Crippen LogP contribution >= 0.6 is 0 Å². The fourth-order valence-corrected chi connectivity index (χ4v) is 2.16. The van der Waals surface area contributed by atoms with Crippen molar-refractivity contribution in [2.24, 2.45) is 0 Å². The minimum atomic E-state index is 0.194. The Kier molecular flexibility index (Phi) is 3.11. The first kappa shape index (κ1) is 10.3. The van der Waals surface area contributed by atoms with Gasteiger partial charge in [0, 0.05) is 7.11 Å². The summed E-state index contributed by atoms with van der Waals surface area (Å²) in [5.74, 6) is 0. The Morgan fingerprint density at radius 3 is 3.00 bits per heavy atom. The Morgan fingerprint density at radius 1 is 1.53 bits per heavy atom. The summed E-state index contributed by atoms with van der Waals surface area (Å²) in [6.07, 6.45) is 7.08. The second-order valence-electron chi connectivity index (χ2n) is 3.87. The monoisotopic (exact) mass is 209 g/mol. The molecule has 5 heteroatoms. The van der Waals surface area contributed by atoms with E-state index in [1.807, 2.05) is 0 Å². The van der Waals surface area contributed by atoms with E-state index in [0.717, 1.165) is 12.8 Å². The summed E-state index contributed by atoms with van der Waals surface area (Å²) in [6, 6.07) is 0.227. The zero-order valence-electron chi connectivity index (χ0n) is 8.80. The van der Waals surface area contributed by atoms with Crippen LogP contribution in [0.5, 0.6) is 0 Å². The van der Waals surface area contributed by atoms with Crippen molar-refractivity contribution in [3.05, 3.63) is 11.9 Å². The zero-order valence-corrected chi connectivity index (χ0v) is 8.80. The lowest BCUT2D eigenvalue weighted by molar-refractivity contribution is 0.0239. The van der Waals surface area contributed by atoms with E-state index in [1.54, 1.807) is 18.0 Å². The van der Waals surface area contributed by atoms with Crippen molar-refractivity contribution in [1.82, 2.24) is 15.0 Å². The van der Waals surface area contributed by atoms with E-state index in [4.69, 9.17) is 4.74 Å². The van der Waals surface area contributed by atoms with Crippen molar-refractivity contribution < 1.29 is 9.53 Å². The van der Waals surface area contributed by atoms with Crippen LogP contribution in [-0.2, 0) is 4.74 Å². The topological polar surface area (TPSA) is 57.0 Å². The lowest BCUT2D eigenvalue weighted by atomic mass is 9.92. The highest BCUT2D eigenvalue weighted by Gasteiger charge is 2.27. The molecule has 0 aromatic carbocycles. The number of nitrogens with zero attached hydrogens (tertiary/aromatic N) is 3. The predicted molar refractivity (Wildman–Crippen MR) is 53.7 cm³/mol. The summed E-state index contributed by atoms with van der Waals surface area (Å²) >= 11 is 0. The van der Waals surface area contributed by atoms with Crippen LogP contribution in [0, 0.1) is 0 Å². The standard InChI is InChI=1S/C10H15N3O2/c1-15-10-5-3-2-4-9(10)13-6-8(7-14)11-12-13/h6-7,9-10H,2-5H2,1H3. The first-order chi connectivity index (χ1) is 7.35. The molecule has 82 valence electrons. The van der Waals surface area contributed by atoms with Gasteiger partial charge in [0.15, 0.2) is 6.29 Å². The van der Waals surface area contributed by atoms with Crippen LogP contribution in [0.15, 0.2) is 6.20 Å². The van der Waals surface area contributed by atoms with Crippen molar-refractivity contribution in [3.8, 4) is 0 Å². The van der Waals surface area contributed by atoms with Gasteiger partial charge in [-0.1, -0.05) is 18.1 Å². The molecule has 15 heavy (non-hydrogen) atoms. The van der Waals surface area contributed by atoms with E-state index >= 15 is 0 Å². The molecule has 0 radical (unpaired) electrons. The van der Waals surface area contributed by atoms with E-state index in [0.29, 0.717) is 12.0 Å². The third kappa shape index (κ3) is 2.07. The number of ether oxygens (including phenoxy) is 1. The van der Waals surface area contributed by atoms with Crippen LogP contribution < -0.4 is 0 Å². The number of hydrogen-bond acceptors (Lipinski definition) is 4. The van der Waals surface area contributed by atoms with Crippen molar-refractivity contribution >= 4 is 6.29 Å². The zero-order chi connectivity index (χ0) is 10.7. The van der Waals surface area contributed by atoms with Gasteiger partial charge in [0.05, 0.1) is 18.3 Å². The van der Waals surface area contributed by atoms with Crippen LogP contribution in [0.3, 0.4) is 0 Å². The first-order valence-corrected chi connectivity index (χ1v) is 5.25.